The van der Waals surface area contributed by atoms with Gasteiger partial charge < -0.3 is 0 Å². The minimum absolute atomic E-state index is 0.466. The predicted octanol–water partition coefficient (Wildman–Crippen LogP) is 0.587. The van der Waals surface area contributed by atoms with Gasteiger partial charge in [0, 0.05) is 0 Å². The van der Waals surface area contributed by atoms with Gasteiger partial charge in [0.05, 0.1) is 0 Å². The van der Waals surface area contributed by atoms with Crippen molar-refractivity contribution < 1.29 is 28.9 Å². The molecule has 0 bridgehead atoms. The summed E-state index contributed by atoms with van der Waals surface area (Å²) in [5, 5.41) is 0. The average molecular weight is 154 g/mol. The van der Waals surface area contributed by atoms with Crippen LogP contribution in [0.4, 0.5) is 0 Å². The van der Waals surface area contributed by atoms with Gasteiger partial charge in [0.1, 0.15) is 0 Å². The maximum atomic E-state index is 10.0. The van der Waals surface area contributed by atoms with Crippen molar-refractivity contribution in [3.63, 3.8) is 0 Å². The molecular weight excluding hydrogens is 144 g/mol. The zero-order valence-electron chi connectivity index (χ0n) is 5.26. The molecule has 0 aromatic carbocycles. The fourth-order valence-corrected chi connectivity index (χ4v) is 1.08. The molecule has 8 heavy (non-hydrogen) atoms. The Morgan fingerprint density at radius 3 is 1.88 bits per heavy atom. The molecule has 0 atom stereocenters. The van der Waals surface area contributed by atoms with E-state index in [0.29, 0.717) is 0 Å². The van der Waals surface area contributed by atoms with Gasteiger partial charge >= 0.3 is 55.3 Å². The Balaban J connectivity index is 3.55. The van der Waals surface area contributed by atoms with Crippen LogP contribution in [-0.2, 0) is 25.3 Å². The third kappa shape index (κ3) is 6.43. The van der Waals surface area contributed by atoms with E-state index in [1.54, 1.807) is 20.8 Å². The summed E-state index contributed by atoms with van der Waals surface area (Å²) in [6, 6.07) is 0. The summed E-state index contributed by atoms with van der Waals surface area (Å²) in [6.45, 7) is 5.23. The van der Waals surface area contributed by atoms with Crippen molar-refractivity contribution in [2.75, 3.05) is 0 Å². The Morgan fingerprint density at radius 2 is 1.88 bits per heavy atom. The number of hydrogen-bond acceptors (Lipinski definition) is 2. The zero-order chi connectivity index (χ0) is 6.78. The van der Waals surface area contributed by atoms with Crippen molar-refractivity contribution in [2.45, 2.75) is 26.4 Å². The first-order chi connectivity index (χ1) is 3.42. The van der Waals surface area contributed by atoms with Gasteiger partial charge in [-0.05, 0) is 0 Å². The van der Waals surface area contributed by atoms with E-state index >= 15 is 0 Å². The van der Waals surface area contributed by atoms with Gasteiger partial charge in [0.15, 0.2) is 0 Å². The van der Waals surface area contributed by atoms with Crippen LogP contribution in [0, 0.1) is 0 Å². The Bertz CT molecular complexity index is 93.9. The van der Waals surface area contributed by atoms with Crippen molar-refractivity contribution in [1.82, 2.24) is 0 Å². The Morgan fingerprint density at radius 1 is 1.50 bits per heavy atom. The molecule has 0 unspecified atom stereocenters. The van der Waals surface area contributed by atoms with E-state index in [4.69, 9.17) is 3.69 Å². The second-order valence-corrected chi connectivity index (χ2v) is 3.63. The fraction of sp³-hybridized carbons (Fsp3) is 1.00. The Hall–Kier alpha value is 0.434. The van der Waals surface area contributed by atoms with Crippen LogP contribution in [0.5, 0.6) is 0 Å². The molecule has 0 amide bonds. The van der Waals surface area contributed by atoms with E-state index < -0.39 is 24.2 Å². The van der Waals surface area contributed by atoms with E-state index in [2.05, 4.69) is 3.32 Å². The van der Waals surface area contributed by atoms with Crippen LogP contribution in [0.1, 0.15) is 20.8 Å². The molecule has 0 radical (unpaired) electrons. The summed E-state index contributed by atoms with van der Waals surface area (Å²) in [4.78, 5) is 0. The summed E-state index contributed by atoms with van der Waals surface area (Å²) in [5.41, 5.74) is -0.466. The molecule has 0 heterocycles. The van der Waals surface area contributed by atoms with Crippen molar-refractivity contribution in [1.29, 1.82) is 0 Å². The standard InChI is InChI=1S/C4H9O.H2O.O.Ti/c1-4(2,3)5;;;/h1-3H3;1H2;;/q-1;;;+2/p-1. The van der Waals surface area contributed by atoms with Gasteiger partial charge in [-0.15, -0.1) is 0 Å². The summed E-state index contributed by atoms with van der Waals surface area (Å²) in [7, 11) is 0. The van der Waals surface area contributed by atoms with Gasteiger partial charge in [0.25, 0.3) is 0 Å². The molecule has 48 valence electrons. The van der Waals surface area contributed by atoms with Crippen molar-refractivity contribution >= 4 is 0 Å². The molecule has 0 saturated heterocycles. The van der Waals surface area contributed by atoms with E-state index in [1.165, 1.54) is 0 Å². The molecule has 0 aromatic heterocycles. The Kier molecular flexibility index (Phi) is 2.98. The minimum atomic E-state index is -3.27. The maximum absolute atomic E-state index is 10.0. The molecule has 0 saturated carbocycles. The van der Waals surface area contributed by atoms with Crippen LogP contribution < -0.4 is 0 Å². The summed E-state index contributed by atoms with van der Waals surface area (Å²) < 4.78 is 22.9. The monoisotopic (exact) mass is 154 g/mol. The number of hydrogen-bond donors (Lipinski definition) is 1. The van der Waals surface area contributed by atoms with Gasteiger partial charge in [-0.3, -0.25) is 0 Å². The summed E-state index contributed by atoms with van der Waals surface area (Å²) in [5.74, 6) is 0. The third-order valence-corrected chi connectivity index (χ3v) is 1.62. The number of rotatable bonds is 1. The molecule has 0 aromatic rings. The van der Waals surface area contributed by atoms with E-state index in [1.807, 2.05) is 0 Å². The fourth-order valence-electron chi connectivity index (χ4n) is 0.262. The normalized spacial score (nSPS) is 11.5. The molecular formula is C4H10O3Ti. The van der Waals surface area contributed by atoms with Gasteiger partial charge in [-0.25, -0.2) is 0 Å². The quantitative estimate of drug-likeness (QED) is 0.562. The molecule has 0 aliphatic carbocycles. The molecule has 4 heteroatoms. The second-order valence-electron chi connectivity index (χ2n) is 2.48. The van der Waals surface area contributed by atoms with Crippen molar-refractivity contribution in [2.24, 2.45) is 0 Å². The first-order valence-corrected chi connectivity index (χ1v) is 4.31. The molecule has 3 nitrogen and oxygen atoms in total. The summed E-state index contributed by atoms with van der Waals surface area (Å²) in [6.07, 6.45) is 0. The van der Waals surface area contributed by atoms with E-state index in [0.717, 1.165) is 0 Å². The van der Waals surface area contributed by atoms with Crippen LogP contribution in [0.15, 0.2) is 0 Å². The van der Waals surface area contributed by atoms with E-state index in [9.17, 15) is 3.32 Å². The van der Waals surface area contributed by atoms with Crippen LogP contribution in [-0.4, -0.2) is 9.29 Å². The van der Waals surface area contributed by atoms with Gasteiger partial charge in [0.2, 0.25) is 0 Å². The van der Waals surface area contributed by atoms with Gasteiger partial charge in [-0.1, -0.05) is 0 Å². The van der Waals surface area contributed by atoms with Crippen LogP contribution in [0.3, 0.4) is 0 Å². The first kappa shape index (κ1) is 8.43. The van der Waals surface area contributed by atoms with Crippen molar-refractivity contribution in [3.05, 3.63) is 0 Å². The van der Waals surface area contributed by atoms with Crippen LogP contribution >= 0.6 is 0 Å². The van der Waals surface area contributed by atoms with Crippen molar-refractivity contribution in [3.8, 4) is 0 Å². The van der Waals surface area contributed by atoms with Crippen LogP contribution in [0.2, 0.25) is 0 Å². The molecule has 0 aliphatic heterocycles. The van der Waals surface area contributed by atoms with Crippen LogP contribution in [0.25, 0.3) is 0 Å². The SMILES string of the molecule is CC(C)(C)[O][Ti](=[O])[OH]. The summed E-state index contributed by atoms with van der Waals surface area (Å²) >= 11 is -3.27. The molecule has 1 N–H and O–H groups in total. The molecule has 0 fully saturated rings. The first-order valence-electron chi connectivity index (χ1n) is 2.34. The Labute approximate surface area is 55.8 Å². The van der Waals surface area contributed by atoms with E-state index in [-0.39, 0.29) is 0 Å². The molecule has 0 rings (SSSR count). The predicted molar refractivity (Wildman–Crippen MR) is 23.7 cm³/mol. The van der Waals surface area contributed by atoms with Gasteiger partial charge in [-0.2, -0.15) is 0 Å². The zero-order valence-corrected chi connectivity index (χ0v) is 6.83. The average Bonchev–Trinajstić information content (AvgIpc) is 1.21. The third-order valence-electron chi connectivity index (χ3n) is 0.393. The second kappa shape index (κ2) is 2.83. The topological polar surface area (TPSA) is 46.5 Å². The molecule has 0 spiro atoms. The molecule has 0 aliphatic rings.